The van der Waals surface area contributed by atoms with E-state index < -0.39 is 0 Å². The summed E-state index contributed by atoms with van der Waals surface area (Å²) < 4.78 is 5.33. The van der Waals surface area contributed by atoms with Crippen molar-refractivity contribution in [1.29, 1.82) is 0 Å². The lowest BCUT2D eigenvalue weighted by molar-refractivity contribution is -0.127. The van der Waals surface area contributed by atoms with Crippen molar-refractivity contribution in [2.75, 3.05) is 26.3 Å². The van der Waals surface area contributed by atoms with Gasteiger partial charge in [-0.25, -0.2) is 0 Å². The summed E-state index contributed by atoms with van der Waals surface area (Å²) in [5.74, 6) is 0.764. The highest BCUT2D eigenvalue weighted by atomic mass is 16.5. The number of piperidine rings is 1. The predicted molar refractivity (Wildman–Crippen MR) is 71.4 cm³/mol. The van der Waals surface area contributed by atoms with Crippen LogP contribution in [0, 0.1) is 11.3 Å². The SMILES string of the molecule is CC1(C)CCCNC1C(=O)NCC1CCOCC1. The molecule has 2 aliphatic rings. The minimum atomic E-state index is -0.0360. The topological polar surface area (TPSA) is 50.4 Å². The molecule has 2 rings (SSSR count). The summed E-state index contributed by atoms with van der Waals surface area (Å²) in [6.07, 6.45) is 4.43. The Morgan fingerprint density at radius 3 is 2.78 bits per heavy atom. The first-order valence-corrected chi connectivity index (χ1v) is 7.18. The van der Waals surface area contributed by atoms with Crippen LogP contribution >= 0.6 is 0 Å². The third kappa shape index (κ3) is 3.45. The smallest absolute Gasteiger partial charge is 0.237 e. The standard InChI is InChI=1S/C14H26N2O2/c1-14(2)6-3-7-15-12(14)13(17)16-10-11-4-8-18-9-5-11/h11-12,15H,3-10H2,1-2H3,(H,16,17). The Morgan fingerprint density at radius 2 is 2.11 bits per heavy atom. The minimum Gasteiger partial charge on any atom is -0.381 e. The molecule has 0 spiro atoms. The van der Waals surface area contributed by atoms with E-state index in [0.717, 1.165) is 52.0 Å². The Morgan fingerprint density at radius 1 is 1.39 bits per heavy atom. The molecule has 1 atom stereocenters. The van der Waals surface area contributed by atoms with Crippen molar-refractivity contribution >= 4 is 5.91 Å². The van der Waals surface area contributed by atoms with Crippen LogP contribution in [0.2, 0.25) is 0 Å². The molecule has 18 heavy (non-hydrogen) atoms. The van der Waals surface area contributed by atoms with E-state index >= 15 is 0 Å². The lowest BCUT2D eigenvalue weighted by Gasteiger charge is -2.38. The van der Waals surface area contributed by atoms with Crippen molar-refractivity contribution in [3.8, 4) is 0 Å². The summed E-state index contributed by atoms with van der Waals surface area (Å²) in [6.45, 7) is 7.80. The van der Waals surface area contributed by atoms with Gasteiger partial charge in [-0.05, 0) is 43.6 Å². The molecular formula is C14H26N2O2. The molecule has 4 heteroatoms. The van der Waals surface area contributed by atoms with E-state index in [9.17, 15) is 4.79 Å². The van der Waals surface area contributed by atoms with Gasteiger partial charge >= 0.3 is 0 Å². The van der Waals surface area contributed by atoms with Crippen molar-refractivity contribution in [3.05, 3.63) is 0 Å². The molecule has 104 valence electrons. The molecule has 0 saturated carbocycles. The molecule has 4 nitrogen and oxygen atoms in total. The number of amides is 1. The van der Waals surface area contributed by atoms with E-state index in [1.807, 2.05) is 0 Å². The molecule has 2 N–H and O–H groups in total. The van der Waals surface area contributed by atoms with Crippen molar-refractivity contribution in [2.45, 2.75) is 45.6 Å². The Bertz CT molecular complexity index is 286. The Hall–Kier alpha value is -0.610. The van der Waals surface area contributed by atoms with Crippen molar-refractivity contribution in [2.24, 2.45) is 11.3 Å². The average Bonchev–Trinajstić information content (AvgIpc) is 2.37. The van der Waals surface area contributed by atoms with Gasteiger partial charge in [0.05, 0.1) is 6.04 Å². The fraction of sp³-hybridized carbons (Fsp3) is 0.929. The van der Waals surface area contributed by atoms with Crippen LogP contribution in [0.1, 0.15) is 39.5 Å². The van der Waals surface area contributed by atoms with Gasteiger partial charge in [-0.1, -0.05) is 13.8 Å². The highest BCUT2D eigenvalue weighted by Gasteiger charge is 2.37. The second kappa shape index (κ2) is 6.02. The van der Waals surface area contributed by atoms with Crippen LogP contribution in [-0.2, 0) is 9.53 Å². The molecule has 1 amide bonds. The van der Waals surface area contributed by atoms with Crippen LogP contribution in [0.3, 0.4) is 0 Å². The fourth-order valence-corrected chi connectivity index (χ4v) is 2.96. The zero-order chi connectivity index (χ0) is 13.0. The molecule has 2 heterocycles. The number of hydrogen-bond donors (Lipinski definition) is 2. The maximum Gasteiger partial charge on any atom is 0.237 e. The van der Waals surface area contributed by atoms with Gasteiger partial charge in [0.15, 0.2) is 0 Å². The monoisotopic (exact) mass is 254 g/mol. The van der Waals surface area contributed by atoms with Gasteiger partial charge in [0.2, 0.25) is 5.91 Å². The first-order chi connectivity index (χ1) is 8.59. The minimum absolute atomic E-state index is 0.0360. The molecule has 0 aromatic heterocycles. The largest absolute Gasteiger partial charge is 0.381 e. The van der Waals surface area contributed by atoms with Crippen LogP contribution in [0.25, 0.3) is 0 Å². The Labute approximate surface area is 110 Å². The maximum atomic E-state index is 12.3. The zero-order valence-corrected chi connectivity index (χ0v) is 11.6. The highest BCUT2D eigenvalue weighted by Crippen LogP contribution is 2.30. The molecule has 2 fully saturated rings. The number of carbonyl (C=O) groups is 1. The molecule has 0 bridgehead atoms. The molecule has 2 saturated heterocycles. The number of rotatable bonds is 3. The van der Waals surface area contributed by atoms with Gasteiger partial charge < -0.3 is 15.4 Å². The van der Waals surface area contributed by atoms with E-state index in [1.54, 1.807) is 0 Å². The van der Waals surface area contributed by atoms with Gasteiger partial charge in [-0.15, -0.1) is 0 Å². The normalized spacial score (nSPS) is 28.9. The first-order valence-electron chi connectivity index (χ1n) is 7.18. The van der Waals surface area contributed by atoms with Gasteiger partial charge in [-0.2, -0.15) is 0 Å². The van der Waals surface area contributed by atoms with Crippen LogP contribution in [-0.4, -0.2) is 38.3 Å². The van der Waals surface area contributed by atoms with Crippen LogP contribution in [0.15, 0.2) is 0 Å². The van der Waals surface area contributed by atoms with E-state index in [0.29, 0.717) is 5.92 Å². The van der Waals surface area contributed by atoms with Gasteiger partial charge in [0.25, 0.3) is 0 Å². The maximum absolute atomic E-state index is 12.3. The van der Waals surface area contributed by atoms with E-state index in [4.69, 9.17) is 4.74 Å². The summed E-state index contributed by atoms with van der Waals surface area (Å²) in [5, 5.41) is 6.48. The summed E-state index contributed by atoms with van der Waals surface area (Å²) in [6, 6.07) is -0.0360. The molecule has 0 aromatic rings. The van der Waals surface area contributed by atoms with Crippen molar-refractivity contribution in [3.63, 3.8) is 0 Å². The Balaban J connectivity index is 1.79. The lowest BCUT2D eigenvalue weighted by Crippen LogP contribution is -2.56. The predicted octanol–water partition coefficient (Wildman–Crippen LogP) is 1.31. The molecule has 0 aliphatic carbocycles. The second-order valence-corrected chi connectivity index (χ2v) is 6.28. The Kier molecular flexibility index (Phi) is 4.62. The first kappa shape index (κ1) is 13.8. The van der Waals surface area contributed by atoms with Crippen LogP contribution < -0.4 is 10.6 Å². The summed E-state index contributed by atoms with van der Waals surface area (Å²) in [5.41, 5.74) is 0.0675. The van der Waals surface area contributed by atoms with Gasteiger partial charge in [-0.3, -0.25) is 4.79 Å². The van der Waals surface area contributed by atoms with Crippen molar-refractivity contribution in [1.82, 2.24) is 10.6 Å². The average molecular weight is 254 g/mol. The third-order valence-electron chi connectivity index (χ3n) is 4.30. The number of ether oxygens (including phenoxy) is 1. The molecular weight excluding hydrogens is 228 g/mol. The van der Waals surface area contributed by atoms with Crippen LogP contribution in [0.5, 0.6) is 0 Å². The number of nitrogens with one attached hydrogen (secondary N) is 2. The van der Waals surface area contributed by atoms with Gasteiger partial charge in [0.1, 0.15) is 0 Å². The summed E-state index contributed by atoms with van der Waals surface area (Å²) in [4.78, 5) is 12.3. The van der Waals surface area contributed by atoms with Crippen LogP contribution in [0.4, 0.5) is 0 Å². The number of carbonyl (C=O) groups excluding carboxylic acids is 1. The molecule has 1 unspecified atom stereocenters. The summed E-state index contributed by atoms with van der Waals surface area (Å²) in [7, 11) is 0. The van der Waals surface area contributed by atoms with Crippen molar-refractivity contribution < 1.29 is 9.53 Å². The van der Waals surface area contributed by atoms with Gasteiger partial charge in [0, 0.05) is 19.8 Å². The molecule has 0 aromatic carbocycles. The fourth-order valence-electron chi connectivity index (χ4n) is 2.96. The van der Waals surface area contributed by atoms with E-state index in [1.165, 1.54) is 0 Å². The van der Waals surface area contributed by atoms with E-state index in [2.05, 4.69) is 24.5 Å². The second-order valence-electron chi connectivity index (χ2n) is 6.28. The number of hydrogen-bond acceptors (Lipinski definition) is 3. The third-order valence-corrected chi connectivity index (χ3v) is 4.30. The highest BCUT2D eigenvalue weighted by molar-refractivity contribution is 5.82. The zero-order valence-electron chi connectivity index (χ0n) is 11.6. The summed E-state index contributed by atoms with van der Waals surface area (Å²) >= 11 is 0. The lowest BCUT2D eigenvalue weighted by atomic mass is 9.77. The molecule has 2 aliphatic heterocycles. The quantitative estimate of drug-likeness (QED) is 0.798. The van der Waals surface area contributed by atoms with E-state index in [-0.39, 0.29) is 17.4 Å². The molecule has 0 radical (unpaired) electrons.